The summed E-state index contributed by atoms with van der Waals surface area (Å²) in [6.07, 6.45) is 10.6. The number of aliphatic hydroxyl groups is 2. The molecule has 2 aromatic rings. The van der Waals surface area contributed by atoms with E-state index in [1.54, 1.807) is 0 Å². The minimum Gasteiger partial charge on any atom is -0.368 e. The highest BCUT2D eigenvalue weighted by molar-refractivity contribution is 5.91. The predicted octanol–water partition coefficient (Wildman–Crippen LogP) is 4.26. The Balaban J connectivity index is 1.24. The molecule has 5 atom stereocenters. The fourth-order valence-electron chi connectivity index (χ4n) is 6.99. The van der Waals surface area contributed by atoms with E-state index in [0.717, 1.165) is 45.1 Å². The lowest BCUT2D eigenvalue weighted by Gasteiger charge is -2.48. The van der Waals surface area contributed by atoms with E-state index in [-0.39, 0.29) is 23.8 Å². The van der Waals surface area contributed by atoms with E-state index < -0.39 is 6.29 Å². The van der Waals surface area contributed by atoms with Gasteiger partial charge in [0.15, 0.2) is 6.29 Å². The summed E-state index contributed by atoms with van der Waals surface area (Å²) in [7, 11) is 0. The first kappa shape index (κ1) is 19.8. The quantitative estimate of drug-likeness (QED) is 0.645. The molecule has 5 unspecified atom stereocenters. The third kappa shape index (κ3) is 3.23. The van der Waals surface area contributed by atoms with Gasteiger partial charge in [0, 0.05) is 41.5 Å². The van der Waals surface area contributed by atoms with Gasteiger partial charge in [0.1, 0.15) is 0 Å². The molecule has 166 valence electrons. The third-order valence-electron chi connectivity index (χ3n) is 8.90. The maximum atomic E-state index is 13.6. The molecule has 6 rings (SSSR count). The molecular weight excluding hydrogens is 388 g/mol. The summed E-state index contributed by atoms with van der Waals surface area (Å²) in [4.78, 5) is 19.2. The molecular formula is C26H34N2O3. The van der Waals surface area contributed by atoms with Gasteiger partial charge in [-0.25, -0.2) is 0 Å². The van der Waals surface area contributed by atoms with E-state index in [1.807, 2.05) is 0 Å². The predicted molar refractivity (Wildman–Crippen MR) is 120 cm³/mol. The third-order valence-corrected chi connectivity index (χ3v) is 8.90. The summed E-state index contributed by atoms with van der Waals surface area (Å²) in [6.45, 7) is 0.832. The first-order valence-electron chi connectivity index (χ1n) is 12.4. The molecule has 2 heterocycles. The van der Waals surface area contributed by atoms with Gasteiger partial charge >= 0.3 is 0 Å². The number of aromatic amines is 1. The van der Waals surface area contributed by atoms with Crippen LogP contribution in [0.1, 0.15) is 80.8 Å². The van der Waals surface area contributed by atoms with Gasteiger partial charge in [-0.2, -0.15) is 0 Å². The van der Waals surface area contributed by atoms with Crippen LogP contribution in [0.3, 0.4) is 0 Å². The Kier molecular flexibility index (Phi) is 4.87. The monoisotopic (exact) mass is 422 g/mol. The van der Waals surface area contributed by atoms with E-state index in [2.05, 4.69) is 34.3 Å². The zero-order chi connectivity index (χ0) is 21.1. The van der Waals surface area contributed by atoms with Crippen LogP contribution in [0, 0.1) is 17.8 Å². The number of fused-ring (bicyclic) bond motifs is 2. The smallest absolute Gasteiger partial charge is 0.226 e. The van der Waals surface area contributed by atoms with Crippen LogP contribution in [0.2, 0.25) is 0 Å². The maximum Gasteiger partial charge on any atom is 0.226 e. The highest BCUT2D eigenvalue weighted by Gasteiger charge is 2.51. The number of piperidine rings is 1. The van der Waals surface area contributed by atoms with Crippen LogP contribution >= 0.6 is 0 Å². The van der Waals surface area contributed by atoms with Crippen LogP contribution in [0.4, 0.5) is 0 Å². The Morgan fingerprint density at radius 2 is 1.87 bits per heavy atom. The first-order valence-corrected chi connectivity index (χ1v) is 12.4. The second-order valence-corrected chi connectivity index (χ2v) is 10.5. The van der Waals surface area contributed by atoms with Crippen molar-refractivity contribution in [3.05, 3.63) is 35.5 Å². The van der Waals surface area contributed by atoms with Crippen molar-refractivity contribution in [2.24, 2.45) is 17.8 Å². The van der Waals surface area contributed by atoms with Crippen molar-refractivity contribution in [2.45, 2.75) is 82.0 Å². The van der Waals surface area contributed by atoms with Gasteiger partial charge in [-0.05, 0) is 79.9 Å². The number of amides is 1. The molecule has 1 saturated heterocycles. The molecule has 4 fully saturated rings. The first-order chi connectivity index (χ1) is 15.1. The molecule has 3 saturated carbocycles. The number of carbonyl (C=O) groups excluding carboxylic acids is 1. The van der Waals surface area contributed by atoms with Crippen LogP contribution < -0.4 is 0 Å². The number of rotatable bonds is 4. The average Bonchev–Trinajstić information content (AvgIpc) is 3.42. The van der Waals surface area contributed by atoms with Gasteiger partial charge in [-0.15, -0.1) is 0 Å². The lowest BCUT2D eigenvalue weighted by molar-refractivity contribution is -0.152. The summed E-state index contributed by atoms with van der Waals surface area (Å²) in [5.41, 5.74) is 4.03. The molecule has 1 aromatic carbocycles. The van der Waals surface area contributed by atoms with Crippen LogP contribution in [0.15, 0.2) is 24.4 Å². The molecule has 1 aliphatic heterocycles. The zero-order valence-corrected chi connectivity index (χ0v) is 18.2. The van der Waals surface area contributed by atoms with E-state index in [0.29, 0.717) is 17.7 Å². The fraction of sp³-hybridized carbons (Fsp3) is 0.654. The van der Waals surface area contributed by atoms with Crippen LogP contribution in [0.5, 0.6) is 0 Å². The van der Waals surface area contributed by atoms with Crippen LogP contribution in [0.25, 0.3) is 10.9 Å². The number of aliphatic hydroxyl groups excluding tert-OH is 1. The Hall–Kier alpha value is -1.85. The highest BCUT2D eigenvalue weighted by Crippen LogP contribution is 2.53. The van der Waals surface area contributed by atoms with Crippen molar-refractivity contribution in [1.29, 1.82) is 0 Å². The number of H-pyrrole nitrogens is 1. The number of carbonyl (C=O) groups is 1. The molecule has 3 aliphatic carbocycles. The van der Waals surface area contributed by atoms with E-state index >= 15 is 0 Å². The Morgan fingerprint density at radius 1 is 1.03 bits per heavy atom. The summed E-state index contributed by atoms with van der Waals surface area (Å²) >= 11 is 0. The maximum absolute atomic E-state index is 13.6. The Bertz CT molecular complexity index is 978. The topological polar surface area (TPSA) is 76.6 Å². The van der Waals surface area contributed by atoms with Crippen molar-refractivity contribution >= 4 is 16.8 Å². The molecule has 1 aromatic heterocycles. The van der Waals surface area contributed by atoms with E-state index in [1.165, 1.54) is 41.3 Å². The molecule has 31 heavy (non-hydrogen) atoms. The molecule has 4 aliphatic rings. The molecule has 3 N–H and O–H groups in total. The number of aromatic nitrogens is 1. The second-order valence-electron chi connectivity index (χ2n) is 10.5. The van der Waals surface area contributed by atoms with Gasteiger partial charge in [0.2, 0.25) is 5.91 Å². The lowest BCUT2D eigenvalue weighted by atomic mass is 9.70. The molecule has 0 radical (unpaired) electrons. The summed E-state index contributed by atoms with van der Waals surface area (Å²) in [5.74, 6) is 1.56. The Morgan fingerprint density at radius 3 is 2.65 bits per heavy atom. The minimum atomic E-state index is -1.26. The summed E-state index contributed by atoms with van der Waals surface area (Å²) in [6, 6.07) is 6.81. The van der Waals surface area contributed by atoms with Gasteiger partial charge in [0.05, 0.1) is 0 Å². The average molecular weight is 423 g/mol. The molecule has 0 bridgehead atoms. The summed E-state index contributed by atoms with van der Waals surface area (Å²) < 4.78 is 0. The van der Waals surface area contributed by atoms with E-state index in [9.17, 15) is 15.0 Å². The fourth-order valence-corrected chi connectivity index (χ4v) is 6.99. The Labute approximate surface area is 183 Å². The van der Waals surface area contributed by atoms with Gasteiger partial charge in [0.25, 0.3) is 0 Å². The van der Waals surface area contributed by atoms with Crippen molar-refractivity contribution in [2.75, 3.05) is 6.54 Å². The molecule has 0 spiro atoms. The number of benzene rings is 1. The van der Waals surface area contributed by atoms with Crippen molar-refractivity contribution < 1.29 is 15.0 Å². The second kappa shape index (κ2) is 7.63. The number of hydrogen-bond acceptors (Lipinski definition) is 3. The summed E-state index contributed by atoms with van der Waals surface area (Å²) in [5, 5.41) is 21.1. The van der Waals surface area contributed by atoms with Crippen molar-refractivity contribution in [3.8, 4) is 0 Å². The zero-order valence-electron chi connectivity index (χ0n) is 18.2. The number of hydrogen-bond donors (Lipinski definition) is 3. The molecule has 5 nitrogen and oxygen atoms in total. The van der Waals surface area contributed by atoms with Crippen LogP contribution in [-0.4, -0.2) is 44.9 Å². The standard InChI is InChI=1S/C26H34N2O3/c29-25(28-12-4-9-17-18(26(30)31)8-3-11-23(17)28)20-13-19(20)21-14-27-22-10-2-7-16(24(21)22)15-5-1-6-15/h2,7,10,14-15,17-20,23,26-27,30-31H,1,3-6,8-9,11-13H2. The molecule has 5 heteroatoms. The van der Waals surface area contributed by atoms with Crippen molar-refractivity contribution in [3.63, 3.8) is 0 Å². The van der Waals surface area contributed by atoms with Gasteiger partial charge in [-0.3, -0.25) is 4.79 Å². The normalized spacial score (nSPS) is 33.4. The minimum absolute atomic E-state index is 0.0806. The number of likely N-dealkylation sites (tertiary alicyclic amines) is 1. The van der Waals surface area contributed by atoms with Crippen molar-refractivity contribution in [1.82, 2.24) is 9.88 Å². The largest absolute Gasteiger partial charge is 0.368 e. The molecule has 1 amide bonds. The lowest BCUT2D eigenvalue weighted by Crippen LogP contribution is -2.54. The van der Waals surface area contributed by atoms with Gasteiger partial charge in [-0.1, -0.05) is 25.0 Å². The number of nitrogens with zero attached hydrogens (tertiary/aromatic N) is 1. The van der Waals surface area contributed by atoms with Crippen LogP contribution in [-0.2, 0) is 4.79 Å². The SMILES string of the molecule is O=C(C1CC1c1c[nH]c2cccc(C3CCC3)c12)N1CCCC2C(C(O)O)CCCC21. The highest BCUT2D eigenvalue weighted by atomic mass is 16.5. The van der Waals surface area contributed by atoms with E-state index in [4.69, 9.17) is 0 Å². The van der Waals surface area contributed by atoms with Gasteiger partial charge < -0.3 is 20.1 Å². The number of nitrogens with one attached hydrogen (secondary N) is 1.